The summed E-state index contributed by atoms with van der Waals surface area (Å²) < 4.78 is 0. The second-order valence-corrected chi connectivity index (χ2v) is 0.364. The van der Waals surface area contributed by atoms with E-state index >= 15 is 0 Å². The first-order chi connectivity index (χ1) is 1.91. The van der Waals surface area contributed by atoms with E-state index in [0.717, 1.165) is 0 Å². The van der Waals surface area contributed by atoms with E-state index < -0.39 is 0 Å². The third kappa shape index (κ3) is 1.47. The molecule has 0 aromatic heterocycles. The SMILES string of the molecule is CC=N[O]. The number of rotatable bonds is 0. The van der Waals surface area contributed by atoms with Gasteiger partial charge in [-0.25, -0.2) is 0 Å². The molecule has 0 rings (SSSR count). The predicted molar refractivity (Wildman–Crippen MR) is 14.9 cm³/mol. The van der Waals surface area contributed by atoms with E-state index in [0.29, 0.717) is 0 Å². The van der Waals surface area contributed by atoms with Gasteiger partial charge in [-0.05, 0) is 12.1 Å². The molecule has 1 radical (unpaired) electrons. The summed E-state index contributed by atoms with van der Waals surface area (Å²) >= 11 is 0. The minimum Gasteiger partial charge on any atom is -0.146 e. The van der Waals surface area contributed by atoms with Gasteiger partial charge in [0.25, 0.3) is 0 Å². The molecule has 0 aliphatic carbocycles. The van der Waals surface area contributed by atoms with Crippen molar-refractivity contribution >= 4 is 6.21 Å². The minimum atomic E-state index is 1.19. The lowest BCUT2D eigenvalue weighted by atomic mass is 10.9. The van der Waals surface area contributed by atoms with Crippen LogP contribution in [0.25, 0.3) is 0 Å². The lowest BCUT2D eigenvalue weighted by Gasteiger charge is -1.45. The maximum Gasteiger partial charge on any atom is 0.0458 e. The van der Waals surface area contributed by atoms with Crippen LogP contribution in [0.5, 0.6) is 0 Å². The van der Waals surface area contributed by atoms with Crippen molar-refractivity contribution in [2.24, 2.45) is 5.16 Å². The fourth-order valence-electron chi connectivity index (χ4n) is 0. The van der Waals surface area contributed by atoms with Gasteiger partial charge in [0.05, 0.1) is 0 Å². The predicted octanol–water partition coefficient (Wildman–Crippen LogP) is 0.423. The highest BCUT2D eigenvalue weighted by molar-refractivity contribution is 5.51. The van der Waals surface area contributed by atoms with E-state index in [1.165, 1.54) is 6.21 Å². The Hall–Kier alpha value is -0.530. The van der Waals surface area contributed by atoms with E-state index in [2.05, 4.69) is 5.16 Å². The van der Waals surface area contributed by atoms with E-state index in [1.807, 2.05) is 0 Å². The normalized spacial score (nSPS) is 9.25. The minimum absolute atomic E-state index is 1.19. The van der Waals surface area contributed by atoms with Crippen LogP contribution < -0.4 is 0 Å². The van der Waals surface area contributed by atoms with Crippen molar-refractivity contribution in [2.45, 2.75) is 6.92 Å². The first-order valence-electron chi connectivity index (χ1n) is 1.02. The Morgan fingerprint density at radius 2 is 2.25 bits per heavy atom. The molecule has 0 aromatic rings. The summed E-state index contributed by atoms with van der Waals surface area (Å²) in [6, 6.07) is 0. The third-order valence-corrected chi connectivity index (χ3v) is 0.105. The van der Waals surface area contributed by atoms with Crippen molar-refractivity contribution in [3.63, 3.8) is 0 Å². The largest absolute Gasteiger partial charge is 0.146 e. The van der Waals surface area contributed by atoms with Crippen molar-refractivity contribution in [2.75, 3.05) is 0 Å². The van der Waals surface area contributed by atoms with Crippen LogP contribution >= 0.6 is 0 Å². The van der Waals surface area contributed by atoms with Crippen molar-refractivity contribution in [3.8, 4) is 0 Å². The zero-order valence-corrected chi connectivity index (χ0v) is 2.43. The lowest BCUT2D eigenvalue weighted by Crippen LogP contribution is -1.46. The summed E-state index contributed by atoms with van der Waals surface area (Å²) in [5, 5.41) is 11.2. The van der Waals surface area contributed by atoms with Crippen molar-refractivity contribution < 1.29 is 5.21 Å². The molecule has 0 amide bonds. The molecule has 0 saturated heterocycles. The van der Waals surface area contributed by atoms with Gasteiger partial charge in [0.1, 0.15) is 0 Å². The fourth-order valence-corrected chi connectivity index (χ4v) is 0. The first-order valence-corrected chi connectivity index (χ1v) is 1.02. The van der Waals surface area contributed by atoms with Gasteiger partial charge in [-0.2, -0.15) is 0 Å². The molecule has 0 atom stereocenters. The second-order valence-electron chi connectivity index (χ2n) is 0.364. The quantitative estimate of drug-likeness (QED) is 0.285. The molecule has 0 aliphatic rings. The monoisotopic (exact) mass is 58.0 g/mol. The van der Waals surface area contributed by atoms with Crippen molar-refractivity contribution in [3.05, 3.63) is 0 Å². The zero-order valence-electron chi connectivity index (χ0n) is 2.43. The number of hydrogen-bond acceptors (Lipinski definition) is 1. The Balaban J connectivity index is 2.55. The van der Waals surface area contributed by atoms with Crippen LogP contribution in [-0.2, 0) is 5.21 Å². The summed E-state index contributed by atoms with van der Waals surface area (Å²) in [4.78, 5) is 0. The van der Waals surface area contributed by atoms with E-state index in [9.17, 15) is 0 Å². The molecule has 2 heteroatoms. The molecule has 0 N–H and O–H groups in total. The average Bonchev–Trinajstić information content (AvgIpc) is 1.37. The van der Waals surface area contributed by atoms with Crippen LogP contribution in [-0.4, -0.2) is 6.21 Å². The smallest absolute Gasteiger partial charge is 0.0458 e. The van der Waals surface area contributed by atoms with E-state index in [-0.39, 0.29) is 0 Å². The maximum atomic E-state index is 8.87. The van der Waals surface area contributed by atoms with Gasteiger partial charge in [-0.1, -0.05) is 0 Å². The molecular formula is C2H4NO. The van der Waals surface area contributed by atoms with Gasteiger partial charge < -0.3 is 0 Å². The lowest BCUT2D eigenvalue weighted by molar-refractivity contribution is 0.211. The molecule has 4 heavy (non-hydrogen) atoms. The highest BCUT2D eigenvalue weighted by Gasteiger charge is 1.39. The summed E-state index contributed by atoms with van der Waals surface area (Å²) in [5.41, 5.74) is 0. The van der Waals surface area contributed by atoms with Crippen LogP contribution in [0.3, 0.4) is 0 Å². The van der Waals surface area contributed by atoms with Crippen LogP contribution in [0.2, 0.25) is 0 Å². The zero-order chi connectivity index (χ0) is 3.41. The molecule has 0 unspecified atom stereocenters. The molecule has 0 bridgehead atoms. The van der Waals surface area contributed by atoms with Gasteiger partial charge in [-0.3, -0.25) is 0 Å². The van der Waals surface area contributed by atoms with Crippen LogP contribution in [0, 0.1) is 0 Å². The fraction of sp³-hybridized carbons (Fsp3) is 0.500. The highest BCUT2D eigenvalue weighted by Crippen LogP contribution is 1.40. The Morgan fingerprint density at radius 1 is 2.00 bits per heavy atom. The summed E-state index contributed by atoms with van der Waals surface area (Å²) in [5.74, 6) is 0. The molecule has 23 valence electrons. The molecule has 0 aliphatic heterocycles. The van der Waals surface area contributed by atoms with Crippen LogP contribution in [0.4, 0.5) is 0 Å². The Bertz CT molecular complexity index is 21.2. The molecular weight excluding hydrogens is 54.0 g/mol. The second kappa shape index (κ2) is 2.47. The highest BCUT2D eigenvalue weighted by atomic mass is 16.4. The van der Waals surface area contributed by atoms with Crippen LogP contribution in [0.1, 0.15) is 6.92 Å². The Labute approximate surface area is 24.7 Å². The van der Waals surface area contributed by atoms with Gasteiger partial charge in [-0.15, -0.1) is 5.21 Å². The molecule has 0 aromatic carbocycles. The summed E-state index contributed by atoms with van der Waals surface area (Å²) in [7, 11) is 0. The molecule has 2 nitrogen and oxygen atoms in total. The van der Waals surface area contributed by atoms with Gasteiger partial charge in [0, 0.05) is 6.21 Å². The summed E-state index contributed by atoms with van der Waals surface area (Å²) in [6.07, 6.45) is 1.19. The molecule has 0 heterocycles. The number of nitrogens with zero attached hydrogens (tertiary/aromatic N) is 1. The van der Waals surface area contributed by atoms with Gasteiger partial charge in [0.15, 0.2) is 0 Å². The van der Waals surface area contributed by atoms with Gasteiger partial charge >= 0.3 is 0 Å². The van der Waals surface area contributed by atoms with Gasteiger partial charge in [0.2, 0.25) is 0 Å². The van der Waals surface area contributed by atoms with Crippen LogP contribution in [0.15, 0.2) is 5.16 Å². The average molecular weight is 58.1 g/mol. The molecule has 0 saturated carbocycles. The topological polar surface area (TPSA) is 32.3 Å². The maximum absolute atomic E-state index is 8.87. The van der Waals surface area contributed by atoms with Crippen molar-refractivity contribution in [1.29, 1.82) is 0 Å². The standard InChI is InChI=1S/C2H4NO/c1-2-3-4/h2H,1H3. The molecule has 0 spiro atoms. The van der Waals surface area contributed by atoms with E-state index in [4.69, 9.17) is 5.21 Å². The third-order valence-electron chi connectivity index (χ3n) is 0.105. The molecule has 0 fully saturated rings. The van der Waals surface area contributed by atoms with E-state index in [1.54, 1.807) is 6.92 Å². The Kier molecular flexibility index (Phi) is 2.14. The number of hydrogen-bond donors (Lipinski definition) is 0. The first kappa shape index (κ1) is 3.47. The summed E-state index contributed by atoms with van der Waals surface area (Å²) in [6.45, 7) is 1.58. The Morgan fingerprint density at radius 3 is 2.25 bits per heavy atom. The van der Waals surface area contributed by atoms with Crippen molar-refractivity contribution in [1.82, 2.24) is 0 Å².